The molecule has 0 spiro atoms. The molecule has 2 rings (SSSR count). The molecular weight excluding hydrogens is 174 g/mol. The zero-order valence-corrected chi connectivity index (χ0v) is 8.73. The van der Waals surface area contributed by atoms with Gasteiger partial charge in [-0.15, -0.1) is 0 Å². The predicted octanol–water partition coefficient (Wildman–Crippen LogP) is 2.42. The summed E-state index contributed by atoms with van der Waals surface area (Å²) in [6, 6.07) is 2.25. The van der Waals surface area contributed by atoms with Crippen LogP contribution in [0.25, 0.3) is 0 Å². The third-order valence-corrected chi connectivity index (χ3v) is 2.92. The Balaban J connectivity index is 2.04. The fraction of sp³-hybridized carbons (Fsp3) is 0.583. The van der Waals surface area contributed by atoms with Crippen molar-refractivity contribution >= 4 is 5.78 Å². The number of Topliss-reactive ketones (excluding diaryl/α,β-unsaturated/α-hetero) is 1. The molecule has 0 saturated heterocycles. The SMILES string of the molecule is CC(=O)CCc1cc2c([nH]1)CCCC2. The second-order valence-electron chi connectivity index (χ2n) is 4.21. The van der Waals surface area contributed by atoms with Gasteiger partial charge >= 0.3 is 0 Å². The number of fused-ring (bicyclic) bond motifs is 1. The first-order valence-electron chi connectivity index (χ1n) is 5.45. The summed E-state index contributed by atoms with van der Waals surface area (Å²) in [5.41, 5.74) is 4.14. The van der Waals surface area contributed by atoms with E-state index in [1.54, 1.807) is 6.92 Å². The molecule has 2 heteroatoms. The maximum atomic E-state index is 10.8. The van der Waals surface area contributed by atoms with E-state index >= 15 is 0 Å². The van der Waals surface area contributed by atoms with E-state index in [4.69, 9.17) is 0 Å². The number of aryl methyl sites for hydroxylation is 3. The molecule has 1 aliphatic rings. The van der Waals surface area contributed by atoms with Crippen molar-refractivity contribution < 1.29 is 4.79 Å². The molecule has 14 heavy (non-hydrogen) atoms. The Bertz CT molecular complexity index is 315. The maximum absolute atomic E-state index is 10.8. The Kier molecular flexibility index (Phi) is 2.71. The van der Waals surface area contributed by atoms with E-state index in [0.717, 1.165) is 6.42 Å². The summed E-state index contributed by atoms with van der Waals surface area (Å²) in [4.78, 5) is 14.3. The largest absolute Gasteiger partial charge is 0.362 e. The van der Waals surface area contributed by atoms with E-state index in [0.29, 0.717) is 6.42 Å². The van der Waals surface area contributed by atoms with Gasteiger partial charge in [-0.2, -0.15) is 0 Å². The van der Waals surface area contributed by atoms with Crippen LogP contribution in [0.2, 0.25) is 0 Å². The van der Waals surface area contributed by atoms with Crippen molar-refractivity contribution in [3.63, 3.8) is 0 Å². The summed E-state index contributed by atoms with van der Waals surface area (Å²) in [5, 5.41) is 0. The van der Waals surface area contributed by atoms with Crippen LogP contribution >= 0.6 is 0 Å². The van der Waals surface area contributed by atoms with Gasteiger partial charge in [0.15, 0.2) is 0 Å². The van der Waals surface area contributed by atoms with Crippen LogP contribution in [0.5, 0.6) is 0 Å². The Morgan fingerprint density at radius 3 is 2.93 bits per heavy atom. The van der Waals surface area contributed by atoms with Crippen LogP contribution in [-0.2, 0) is 24.1 Å². The van der Waals surface area contributed by atoms with Gasteiger partial charge in [-0.25, -0.2) is 0 Å². The van der Waals surface area contributed by atoms with Gasteiger partial charge in [0.1, 0.15) is 5.78 Å². The molecule has 0 bridgehead atoms. The van der Waals surface area contributed by atoms with E-state index < -0.39 is 0 Å². The van der Waals surface area contributed by atoms with Crippen LogP contribution in [0, 0.1) is 0 Å². The molecule has 76 valence electrons. The molecule has 1 aromatic heterocycles. The number of hydrogen-bond donors (Lipinski definition) is 1. The minimum Gasteiger partial charge on any atom is -0.362 e. The Hall–Kier alpha value is -1.05. The fourth-order valence-corrected chi connectivity index (χ4v) is 2.12. The van der Waals surface area contributed by atoms with Crippen LogP contribution in [0.3, 0.4) is 0 Å². The topological polar surface area (TPSA) is 32.9 Å². The number of H-pyrrole nitrogens is 1. The van der Waals surface area contributed by atoms with Crippen molar-refractivity contribution in [1.82, 2.24) is 4.98 Å². The highest BCUT2D eigenvalue weighted by Crippen LogP contribution is 2.22. The number of nitrogens with one attached hydrogen (secondary N) is 1. The third kappa shape index (κ3) is 2.06. The van der Waals surface area contributed by atoms with Gasteiger partial charge in [-0.3, -0.25) is 0 Å². The van der Waals surface area contributed by atoms with Gasteiger partial charge in [0.2, 0.25) is 0 Å². The van der Waals surface area contributed by atoms with Gasteiger partial charge in [-0.05, 0) is 50.7 Å². The summed E-state index contributed by atoms with van der Waals surface area (Å²) in [7, 11) is 0. The minimum absolute atomic E-state index is 0.276. The first-order valence-corrected chi connectivity index (χ1v) is 5.45. The normalized spacial score (nSPS) is 15.2. The highest BCUT2D eigenvalue weighted by Gasteiger charge is 2.12. The minimum atomic E-state index is 0.276. The number of carbonyl (C=O) groups excluding carboxylic acids is 1. The quantitative estimate of drug-likeness (QED) is 0.782. The molecule has 0 aliphatic heterocycles. The van der Waals surface area contributed by atoms with Crippen LogP contribution in [0.1, 0.15) is 43.1 Å². The molecule has 1 aromatic rings. The molecule has 1 aliphatic carbocycles. The average Bonchev–Trinajstić information content (AvgIpc) is 2.57. The molecule has 0 radical (unpaired) electrons. The predicted molar refractivity (Wildman–Crippen MR) is 56.4 cm³/mol. The molecular formula is C12H17NO. The van der Waals surface area contributed by atoms with E-state index in [2.05, 4.69) is 11.1 Å². The van der Waals surface area contributed by atoms with Crippen LogP contribution in [0.4, 0.5) is 0 Å². The van der Waals surface area contributed by atoms with E-state index in [1.807, 2.05) is 0 Å². The van der Waals surface area contributed by atoms with E-state index in [1.165, 1.54) is 42.6 Å². The number of hydrogen-bond acceptors (Lipinski definition) is 1. The van der Waals surface area contributed by atoms with Crippen LogP contribution < -0.4 is 0 Å². The molecule has 2 nitrogen and oxygen atoms in total. The smallest absolute Gasteiger partial charge is 0.130 e. The lowest BCUT2D eigenvalue weighted by atomic mass is 9.98. The molecule has 1 N–H and O–H groups in total. The summed E-state index contributed by atoms with van der Waals surface area (Å²) >= 11 is 0. The standard InChI is InChI=1S/C12H17NO/c1-9(14)6-7-11-8-10-4-2-3-5-12(10)13-11/h8,13H,2-7H2,1H3. The van der Waals surface area contributed by atoms with Crippen molar-refractivity contribution in [1.29, 1.82) is 0 Å². The lowest BCUT2D eigenvalue weighted by Gasteiger charge is -2.09. The number of ketones is 1. The Morgan fingerprint density at radius 2 is 2.21 bits per heavy atom. The third-order valence-electron chi connectivity index (χ3n) is 2.92. The lowest BCUT2D eigenvalue weighted by Crippen LogP contribution is -1.99. The van der Waals surface area contributed by atoms with E-state index in [9.17, 15) is 4.79 Å². The monoisotopic (exact) mass is 191 g/mol. The van der Waals surface area contributed by atoms with Crippen molar-refractivity contribution in [3.05, 3.63) is 23.0 Å². The molecule has 0 saturated carbocycles. The summed E-state index contributed by atoms with van der Waals surface area (Å²) in [6.45, 7) is 1.66. The molecule has 0 aromatic carbocycles. The summed E-state index contributed by atoms with van der Waals surface area (Å²) in [6.07, 6.45) is 6.57. The maximum Gasteiger partial charge on any atom is 0.130 e. The number of aromatic amines is 1. The zero-order chi connectivity index (χ0) is 9.97. The van der Waals surface area contributed by atoms with Gasteiger partial charge in [0.05, 0.1) is 0 Å². The molecule has 0 fully saturated rings. The molecule has 0 amide bonds. The first kappa shape index (κ1) is 9.50. The molecule has 0 atom stereocenters. The van der Waals surface area contributed by atoms with Gasteiger partial charge in [0, 0.05) is 17.8 Å². The second-order valence-corrected chi connectivity index (χ2v) is 4.21. The van der Waals surface area contributed by atoms with Crippen molar-refractivity contribution in [3.8, 4) is 0 Å². The van der Waals surface area contributed by atoms with Gasteiger partial charge < -0.3 is 9.78 Å². The van der Waals surface area contributed by atoms with E-state index in [-0.39, 0.29) is 5.78 Å². The lowest BCUT2D eigenvalue weighted by molar-refractivity contribution is -0.116. The summed E-state index contributed by atoms with van der Waals surface area (Å²) in [5.74, 6) is 0.276. The van der Waals surface area contributed by atoms with Gasteiger partial charge in [0.25, 0.3) is 0 Å². The van der Waals surface area contributed by atoms with Crippen molar-refractivity contribution in [2.75, 3.05) is 0 Å². The molecule has 0 unspecified atom stereocenters. The average molecular weight is 191 g/mol. The first-order chi connectivity index (χ1) is 6.75. The van der Waals surface area contributed by atoms with Gasteiger partial charge in [-0.1, -0.05) is 0 Å². The second kappa shape index (κ2) is 3.99. The highest BCUT2D eigenvalue weighted by molar-refractivity contribution is 5.75. The number of aromatic nitrogens is 1. The Morgan fingerprint density at radius 1 is 1.43 bits per heavy atom. The molecule has 1 heterocycles. The van der Waals surface area contributed by atoms with Crippen molar-refractivity contribution in [2.45, 2.75) is 45.4 Å². The van der Waals surface area contributed by atoms with Crippen molar-refractivity contribution in [2.24, 2.45) is 0 Å². The fourth-order valence-electron chi connectivity index (χ4n) is 2.12. The Labute approximate surface area is 84.7 Å². The summed E-state index contributed by atoms with van der Waals surface area (Å²) < 4.78 is 0. The zero-order valence-electron chi connectivity index (χ0n) is 8.73. The highest BCUT2D eigenvalue weighted by atomic mass is 16.1. The van der Waals surface area contributed by atoms with Crippen LogP contribution in [0.15, 0.2) is 6.07 Å². The van der Waals surface area contributed by atoms with Crippen LogP contribution in [-0.4, -0.2) is 10.8 Å². The number of carbonyl (C=O) groups is 1. The number of rotatable bonds is 3.